The molecule has 1 fully saturated rings. The highest BCUT2D eigenvalue weighted by Crippen LogP contribution is 2.28. The molecule has 1 atom stereocenters. The van der Waals surface area contributed by atoms with Crippen LogP contribution < -0.4 is 10.2 Å². The summed E-state index contributed by atoms with van der Waals surface area (Å²) in [6.07, 6.45) is 7.92. The molecule has 2 aliphatic rings. The molecule has 4 nitrogen and oxygen atoms in total. The third kappa shape index (κ3) is 4.26. The molecule has 1 N–H and O–H groups in total. The van der Waals surface area contributed by atoms with Gasteiger partial charge >= 0.3 is 0 Å². The van der Waals surface area contributed by atoms with Crippen molar-refractivity contribution in [3.05, 3.63) is 41.5 Å². The molecule has 0 radical (unpaired) electrons. The van der Waals surface area contributed by atoms with Gasteiger partial charge in [0.05, 0.1) is 0 Å². The van der Waals surface area contributed by atoms with E-state index in [0.717, 1.165) is 43.2 Å². The second-order valence-electron chi connectivity index (χ2n) is 7.33. The lowest BCUT2D eigenvalue weighted by Crippen LogP contribution is -2.48. The minimum Gasteiger partial charge on any atom is -0.356 e. The molecule has 5 heteroatoms. The standard InChI is InChI=1S/C21H31FN4/c1-4-5-7-17-12-21(25-11-6-8-18(14-25)23-3)26(15-24-17)19-10-9-16(2)20(22)13-19/h9-10,12-13,18,23H,4-8,11,14-15H2,1-3H3/t18-/m1/s1. The van der Waals surface area contributed by atoms with Crippen molar-refractivity contribution in [1.29, 1.82) is 0 Å². The number of unbranched alkanes of at least 4 members (excludes halogenated alkanes) is 1. The average molecular weight is 359 g/mol. The summed E-state index contributed by atoms with van der Waals surface area (Å²) in [6, 6.07) is 5.98. The third-order valence-electron chi connectivity index (χ3n) is 5.39. The molecule has 0 amide bonds. The Hall–Kier alpha value is -1.88. The van der Waals surface area contributed by atoms with Crippen molar-refractivity contribution in [2.24, 2.45) is 4.99 Å². The lowest BCUT2D eigenvalue weighted by molar-refractivity contribution is 0.235. The maximum atomic E-state index is 14.2. The number of aryl methyl sites for hydroxylation is 1. The van der Waals surface area contributed by atoms with Gasteiger partial charge < -0.3 is 15.1 Å². The molecule has 0 saturated carbocycles. The first-order valence-corrected chi connectivity index (χ1v) is 9.83. The van der Waals surface area contributed by atoms with Gasteiger partial charge in [0.2, 0.25) is 0 Å². The second-order valence-corrected chi connectivity index (χ2v) is 7.33. The predicted octanol–water partition coefficient (Wildman–Crippen LogP) is 4.07. The fourth-order valence-corrected chi connectivity index (χ4v) is 3.66. The number of allylic oxidation sites excluding steroid dienone is 1. The molecule has 1 aromatic carbocycles. The van der Waals surface area contributed by atoms with Gasteiger partial charge in [-0.05, 0) is 57.4 Å². The molecule has 142 valence electrons. The summed E-state index contributed by atoms with van der Waals surface area (Å²) in [5.74, 6) is 1.00. The first kappa shape index (κ1) is 18.9. The van der Waals surface area contributed by atoms with Gasteiger partial charge in [0, 0.05) is 36.6 Å². The van der Waals surface area contributed by atoms with E-state index >= 15 is 0 Å². The summed E-state index contributed by atoms with van der Waals surface area (Å²) >= 11 is 0. The van der Waals surface area contributed by atoms with Crippen LogP contribution in [-0.2, 0) is 0 Å². The number of piperidine rings is 1. The van der Waals surface area contributed by atoms with E-state index in [-0.39, 0.29) is 5.82 Å². The predicted molar refractivity (Wildman–Crippen MR) is 107 cm³/mol. The van der Waals surface area contributed by atoms with Crippen LogP contribution in [0.2, 0.25) is 0 Å². The van der Waals surface area contributed by atoms with Crippen molar-refractivity contribution in [2.75, 3.05) is 31.7 Å². The topological polar surface area (TPSA) is 30.9 Å². The molecule has 1 aromatic rings. The van der Waals surface area contributed by atoms with Crippen molar-refractivity contribution >= 4 is 11.4 Å². The van der Waals surface area contributed by atoms with Gasteiger partial charge in [-0.15, -0.1) is 0 Å². The van der Waals surface area contributed by atoms with E-state index < -0.39 is 0 Å². The van der Waals surface area contributed by atoms with Gasteiger partial charge in [-0.25, -0.2) is 4.39 Å². The summed E-state index contributed by atoms with van der Waals surface area (Å²) in [7, 11) is 2.03. The van der Waals surface area contributed by atoms with Crippen molar-refractivity contribution in [1.82, 2.24) is 10.2 Å². The van der Waals surface area contributed by atoms with Gasteiger partial charge in [0.15, 0.2) is 0 Å². The molecule has 2 aliphatic heterocycles. The maximum Gasteiger partial charge on any atom is 0.128 e. The highest BCUT2D eigenvalue weighted by molar-refractivity contribution is 5.97. The quantitative estimate of drug-likeness (QED) is 0.832. The van der Waals surface area contributed by atoms with Gasteiger partial charge in [-0.1, -0.05) is 19.4 Å². The Morgan fingerprint density at radius 2 is 2.19 bits per heavy atom. The molecule has 0 aromatic heterocycles. The SMILES string of the molecule is CCCCC1=NCN(c2ccc(C)c(F)c2)C(N2CCC[C@@H](NC)C2)=C1. The monoisotopic (exact) mass is 358 g/mol. The number of likely N-dealkylation sites (tertiary alicyclic amines) is 1. The number of hydrogen-bond donors (Lipinski definition) is 1. The summed E-state index contributed by atoms with van der Waals surface area (Å²) < 4.78 is 14.2. The van der Waals surface area contributed by atoms with Crippen LogP contribution in [0.15, 0.2) is 35.1 Å². The van der Waals surface area contributed by atoms with E-state index in [1.807, 2.05) is 19.2 Å². The first-order valence-electron chi connectivity index (χ1n) is 9.83. The van der Waals surface area contributed by atoms with Crippen LogP contribution in [0.3, 0.4) is 0 Å². The molecule has 0 aliphatic carbocycles. The van der Waals surface area contributed by atoms with E-state index in [0.29, 0.717) is 18.3 Å². The van der Waals surface area contributed by atoms with Crippen molar-refractivity contribution in [3.63, 3.8) is 0 Å². The third-order valence-corrected chi connectivity index (χ3v) is 5.39. The Morgan fingerprint density at radius 3 is 2.92 bits per heavy atom. The van der Waals surface area contributed by atoms with Gasteiger partial charge in [0.25, 0.3) is 0 Å². The number of nitrogens with zero attached hydrogens (tertiary/aromatic N) is 3. The zero-order valence-electron chi connectivity index (χ0n) is 16.3. The number of likely N-dealkylation sites (N-methyl/N-ethyl adjacent to an activating group) is 1. The lowest BCUT2D eigenvalue weighted by Gasteiger charge is -2.41. The van der Waals surface area contributed by atoms with Crippen LogP contribution in [0.25, 0.3) is 0 Å². The molecule has 0 bridgehead atoms. The number of benzene rings is 1. The molecule has 1 saturated heterocycles. The van der Waals surface area contributed by atoms with Crippen LogP contribution in [0.1, 0.15) is 44.6 Å². The molecule has 0 unspecified atom stereocenters. The fraction of sp³-hybridized carbons (Fsp3) is 0.571. The van der Waals surface area contributed by atoms with Gasteiger partial charge in [-0.3, -0.25) is 4.99 Å². The highest BCUT2D eigenvalue weighted by Gasteiger charge is 2.26. The first-order chi connectivity index (χ1) is 12.6. The molecular weight excluding hydrogens is 327 g/mol. The van der Waals surface area contributed by atoms with Gasteiger partial charge in [-0.2, -0.15) is 0 Å². The number of rotatable bonds is 6. The average Bonchev–Trinajstić information content (AvgIpc) is 2.68. The second kappa shape index (κ2) is 8.67. The smallest absolute Gasteiger partial charge is 0.128 e. The van der Waals surface area contributed by atoms with Crippen LogP contribution >= 0.6 is 0 Å². The maximum absolute atomic E-state index is 14.2. The van der Waals surface area contributed by atoms with Crippen molar-refractivity contribution in [3.8, 4) is 0 Å². The number of aliphatic imine (C=N–C) groups is 1. The summed E-state index contributed by atoms with van der Waals surface area (Å²) in [5.41, 5.74) is 2.72. The van der Waals surface area contributed by atoms with Crippen LogP contribution in [0.4, 0.5) is 10.1 Å². The molecule has 3 rings (SSSR count). The Bertz CT molecular complexity index is 683. The van der Waals surface area contributed by atoms with E-state index in [1.165, 1.54) is 19.3 Å². The summed E-state index contributed by atoms with van der Waals surface area (Å²) in [4.78, 5) is 9.34. The van der Waals surface area contributed by atoms with E-state index in [2.05, 4.69) is 28.1 Å². The molecule has 2 heterocycles. The van der Waals surface area contributed by atoms with Gasteiger partial charge in [0.1, 0.15) is 18.3 Å². The van der Waals surface area contributed by atoms with Crippen LogP contribution in [0, 0.1) is 12.7 Å². The highest BCUT2D eigenvalue weighted by atomic mass is 19.1. The lowest BCUT2D eigenvalue weighted by atomic mass is 10.0. The van der Waals surface area contributed by atoms with Crippen molar-refractivity contribution in [2.45, 2.75) is 52.0 Å². The molecule has 26 heavy (non-hydrogen) atoms. The van der Waals surface area contributed by atoms with E-state index in [1.54, 1.807) is 13.0 Å². The molecular formula is C21H31FN4. The van der Waals surface area contributed by atoms with Crippen molar-refractivity contribution < 1.29 is 4.39 Å². The Kier molecular flexibility index (Phi) is 6.30. The Morgan fingerprint density at radius 1 is 1.35 bits per heavy atom. The minimum absolute atomic E-state index is 0.158. The zero-order chi connectivity index (χ0) is 18.5. The normalized spacial score (nSPS) is 20.8. The van der Waals surface area contributed by atoms with E-state index in [4.69, 9.17) is 4.99 Å². The largest absolute Gasteiger partial charge is 0.356 e. The Balaban J connectivity index is 1.89. The Labute approximate surface area is 156 Å². The zero-order valence-corrected chi connectivity index (χ0v) is 16.3. The van der Waals surface area contributed by atoms with Crippen LogP contribution in [0.5, 0.6) is 0 Å². The number of nitrogens with one attached hydrogen (secondary N) is 1. The number of anilines is 1. The van der Waals surface area contributed by atoms with Crippen LogP contribution in [-0.4, -0.2) is 43.5 Å². The summed E-state index contributed by atoms with van der Waals surface area (Å²) in [6.45, 7) is 6.59. The molecule has 0 spiro atoms. The number of halogens is 1. The minimum atomic E-state index is -0.158. The van der Waals surface area contributed by atoms with E-state index in [9.17, 15) is 4.39 Å². The fourth-order valence-electron chi connectivity index (χ4n) is 3.66. The summed E-state index contributed by atoms with van der Waals surface area (Å²) in [5, 5.41) is 3.41. The number of hydrogen-bond acceptors (Lipinski definition) is 4.